The second kappa shape index (κ2) is 5.58. The molecule has 0 radical (unpaired) electrons. The van der Waals surface area contributed by atoms with Gasteiger partial charge in [0.05, 0.1) is 11.0 Å². The van der Waals surface area contributed by atoms with Crippen molar-refractivity contribution in [1.29, 1.82) is 0 Å². The lowest BCUT2D eigenvalue weighted by Crippen LogP contribution is -2.34. The molecule has 1 unspecified atom stereocenters. The normalized spacial score (nSPS) is 27.4. The lowest BCUT2D eigenvalue weighted by molar-refractivity contribution is 0.175. The fraction of sp³-hybridized carbons (Fsp3) is 0.562. The van der Waals surface area contributed by atoms with Crippen LogP contribution in [0.25, 0.3) is 0 Å². The third-order valence-electron chi connectivity index (χ3n) is 4.62. The minimum atomic E-state index is 0.571. The van der Waals surface area contributed by atoms with Gasteiger partial charge in [-0.05, 0) is 42.1 Å². The smallest absolute Gasteiger partial charge is 0.0664 e. The molecule has 3 nitrogen and oxygen atoms in total. The van der Waals surface area contributed by atoms with Gasteiger partial charge in [-0.25, -0.2) is 5.01 Å². The Morgan fingerprint density at radius 2 is 2.05 bits per heavy atom. The largest absolute Gasteiger partial charge is 0.229 e. The summed E-state index contributed by atoms with van der Waals surface area (Å²) in [5.74, 6) is 1.33. The number of allylic oxidation sites excluding steroid dienone is 4. The van der Waals surface area contributed by atoms with E-state index in [0.29, 0.717) is 5.92 Å². The maximum Gasteiger partial charge on any atom is 0.0664 e. The Morgan fingerprint density at radius 1 is 1.21 bits per heavy atom. The molecule has 0 spiro atoms. The van der Waals surface area contributed by atoms with Gasteiger partial charge >= 0.3 is 0 Å². The van der Waals surface area contributed by atoms with Crippen LogP contribution < -0.4 is 0 Å². The van der Waals surface area contributed by atoms with Crippen molar-refractivity contribution in [3.05, 3.63) is 46.2 Å². The molecule has 1 heterocycles. The summed E-state index contributed by atoms with van der Waals surface area (Å²) in [7, 11) is 0. The summed E-state index contributed by atoms with van der Waals surface area (Å²) in [6, 6.07) is 0. The maximum absolute atomic E-state index is 11.1. The highest BCUT2D eigenvalue weighted by Crippen LogP contribution is 2.38. The second-order valence-electron chi connectivity index (χ2n) is 5.77. The fourth-order valence-corrected chi connectivity index (χ4v) is 3.61. The summed E-state index contributed by atoms with van der Waals surface area (Å²) in [6.07, 6.45) is 15.6. The Hall–Kier alpha value is -1.60. The quantitative estimate of drug-likeness (QED) is 0.550. The van der Waals surface area contributed by atoms with Crippen LogP contribution in [-0.4, -0.2) is 11.6 Å². The van der Waals surface area contributed by atoms with Crippen LogP contribution in [0.5, 0.6) is 0 Å². The number of nitroso groups, excluding NO2 is 1. The van der Waals surface area contributed by atoms with E-state index in [0.717, 1.165) is 24.6 Å². The zero-order chi connectivity index (χ0) is 13.1. The highest BCUT2D eigenvalue weighted by molar-refractivity contribution is 5.38. The van der Waals surface area contributed by atoms with Crippen LogP contribution in [0.1, 0.15) is 38.5 Å². The van der Waals surface area contributed by atoms with Crippen molar-refractivity contribution < 1.29 is 0 Å². The molecular formula is C16H20N2O. The lowest BCUT2D eigenvalue weighted by Gasteiger charge is -2.37. The second-order valence-corrected chi connectivity index (χ2v) is 5.77. The molecule has 19 heavy (non-hydrogen) atoms. The van der Waals surface area contributed by atoms with Crippen molar-refractivity contribution in [2.75, 3.05) is 6.54 Å². The lowest BCUT2D eigenvalue weighted by atomic mass is 9.75. The van der Waals surface area contributed by atoms with Gasteiger partial charge < -0.3 is 0 Å². The van der Waals surface area contributed by atoms with Crippen molar-refractivity contribution in [2.24, 2.45) is 17.1 Å². The van der Waals surface area contributed by atoms with Crippen molar-refractivity contribution in [3.8, 4) is 0 Å². The average Bonchev–Trinajstić information content (AvgIpc) is 2.72. The van der Waals surface area contributed by atoms with Gasteiger partial charge in [0.15, 0.2) is 0 Å². The third-order valence-corrected chi connectivity index (χ3v) is 4.62. The van der Waals surface area contributed by atoms with E-state index in [1.807, 2.05) is 24.3 Å². The summed E-state index contributed by atoms with van der Waals surface area (Å²) >= 11 is 0. The summed E-state index contributed by atoms with van der Waals surface area (Å²) in [4.78, 5) is 11.1. The molecule has 3 aliphatic rings. The topological polar surface area (TPSA) is 32.7 Å². The number of hydrogen-bond acceptors (Lipinski definition) is 2. The van der Waals surface area contributed by atoms with Gasteiger partial charge in [0, 0.05) is 6.54 Å². The van der Waals surface area contributed by atoms with Crippen LogP contribution in [0.3, 0.4) is 0 Å². The molecule has 0 N–H and O–H groups in total. The van der Waals surface area contributed by atoms with Gasteiger partial charge in [-0.1, -0.05) is 38.2 Å². The minimum absolute atomic E-state index is 0.571. The SMILES string of the molecule is O=NN1CC(C2CCCCC2)CC2=C1C=CC=C=C2. The molecule has 1 atom stereocenters. The van der Waals surface area contributed by atoms with Crippen molar-refractivity contribution in [3.63, 3.8) is 0 Å². The van der Waals surface area contributed by atoms with Crippen LogP contribution in [-0.2, 0) is 0 Å². The monoisotopic (exact) mass is 256 g/mol. The van der Waals surface area contributed by atoms with Gasteiger partial charge in [-0.3, -0.25) is 0 Å². The Balaban J connectivity index is 1.84. The predicted octanol–water partition coefficient (Wildman–Crippen LogP) is 4.11. The molecule has 1 saturated carbocycles. The van der Waals surface area contributed by atoms with Crippen LogP contribution in [0, 0.1) is 16.7 Å². The first kappa shape index (κ1) is 12.4. The molecule has 0 aromatic carbocycles. The Kier molecular flexibility index (Phi) is 3.65. The highest BCUT2D eigenvalue weighted by atomic mass is 16.3. The van der Waals surface area contributed by atoms with E-state index in [9.17, 15) is 4.91 Å². The molecule has 1 fully saturated rings. The summed E-state index contributed by atoms with van der Waals surface area (Å²) < 4.78 is 0. The first-order valence-corrected chi connectivity index (χ1v) is 7.31. The van der Waals surface area contributed by atoms with Crippen LogP contribution in [0.4, 0.5) is 0 Å². The molecule has 0 saturated heterocycles. The van der Waals surface area contributed by atoms with E-state index in [4.69, 9.17) is 0 Å². The van der Waals surface area contributed by atoms with E-state index in [2.05, 4.69) is 11.0 Å². The van der Waals surface area contributed by atoms with Crippen molar-refractivity contribution in [1.82, 2.24) is 5.01 Å². The van der Waals surface area contributed by atoms with Gasteiger partial charge in [0.2, 0.25) is 0 Å². The van der Waals surface area contributed by atoms with E-state index < -0.39 is 0 Å². The van der Waals surface area contributed by atoms with Crippen LogP contribution in [0.2, 0.25) is 0 Å². The zero-order valence-electron chi connectivity index (χ0n) is 11.2. The summed E-state index contributed by atoms with van der Waals surface area (Å²) in [5.41, 5.74) is 5.33. The van der Waals surface area contributed by atoms with E-state index >= 15 is 0 Å². The molecule has 3 rings (SSSR count). The van der Waals surface area contributed by atoms with Gasteiger partial charge in [0.1, 0.15) is 0 Å². The number of nitrogens with zero attached hydrogens (tertiary/aromatic N) is 2. The Morgan fingerprint density at radius 3 is 2.84 bits per heavy atom. The number of hydrogen-bond donors (Lipinski definition) is 0. The fourth-order valence-electron chi connectivity index (χ4n) is 3.61. The summed E-state index contributed by atoms with van der Waals surface area (Å²) in [5, 5.41) is 4.88. The number of rotatable bonds is 2. The molecule has 0 amide bonds. The molecule has 0 aromatic heterocycles. The van der Waals surface area contributed by atoms with Gasteiger partial charge in [-0.2, -0.15) is 0 Å². The van der Waals surface area contributed by atoms with Gasteiger partial charge in [-0.15, -0.1) is 10.6 Å². The molecule has 3 heteroatoms. The third kappa shape index (κ3) is 2.57. The summed E-state index contributed by atoms with van der Waals surface area (Å²) in [6.45, 7) is 0.783. The molecule has 1 aliphatic heterocycles. The predicted molar refractivity (Wildman–Crippen MR) is 76.0 cm³/mol. The Labute approximate surface area is 114 Å². The van der Waals surface area contributed by atoms with E-state index in [1.54, 1.807) is 5.01 Å². The van der Waals surface area contributed by atoms with Gasteiger partial charge in [0.25, 0.3) is 0 Å². The first-order valence-electron chi connectivity index (χ1n) is 7.31. The van der Waals surface area contributed by atoms with Crippen molar-refractivity contribution in [2.45, 2.75) is 38.5 Å². The highest BCUT2D eigenvalue weighted by Gasteiger charge is 2.31. The minimum Gasteiger partial charge on any atom is -0.229 e. The van der Waals surface area contributed by atoms with Crippen LogP contribution >= 0.6 is 0 Å². The first-order chi connectivity index (χ1) is 9.38. The average molecular weight is 256 g/mol. The van der Waals surface area contributed by atoms with Crippen molar-refractivity contribution >= 4 is 0 Å². The standard InChI is InChI=1S/C16H20N2O/c19-17-18-12-15(13-7-3-1-4-8-13)11-14-9-5-2-6-10-16(14)18/h2,6,9-10,13,15H,1,3-4,7-8,11-12H2. The molecular weight excluding hydrogens is 236 g/mol. The molecule has 100 valence electrons. The zero-order valence-corrected chi connectivity index (χ0v) is 11.2. The van der Waals surface area contributed by atoms with Crippen LogP contribution in [0.15, 0.2) is 46.6 Å². The Bertz CT molecular complexity index is 477. The molecule has 0 bridgehead atoms. The molecule has 2 aliphatic carbocycles. The maximum atomic E-state index is 11.1. The van der Waals surface area contributed by atoms with E-state index in [-0.39, 0.29) is 0 Å². The molecule has 0 aromatic rings. The van der Waals surface area contributed by atoms with E-state index in [1.165, 1.54) is 37.7 Å².